The van der Waals surface area contributed by atoms with E-state index in [1.807, 2.05) is 6.07 Å². The molecule has 0 heterocycles. The molecule has 0 fully saturated rings. The van der Waals surface area contributed by atoms with Crippen LogP contribution in [-0.4, -0.2) is 16.3 Å². The summed E-state index contributed by atoms with van der Waals surface area (Å²) in [6.45, 7) is 15.1. The van der Waals surface area contributed by atoms with E-state index in [1.54, 1.807) is 0 Å². The number of aryl methyl sites for hydroxylation is 3. The maximum Gasteiger partial charge on any atom is 0.123 e. The van der Waals surface area contributed by atoms with E-state index in [-0.39, 0.29) is 16.9 Å². The van der Waals surface area contributed by atoms with Gasteiger partial charge in [0, 0.05) is 11.0 Å². The van der Waals surface area contributed by atoms with E-state index in [0.717, 1.165) is 55.2 Å². The summed E-state index contributed by atoms with van der Waals surface area (Å²) >= 11 is 0. The average molecular weight is 487 g/mol. The van der Waals surface area contributed by atoms with E-state index < -0.39 is 0 Å². The van der Waals surface area contributed by atoms with Gasteiger partial charge in [-0.25, -0.2) is 0 Å². The molecule has 0 aliphatic heterocycles. The van der Waals surface area contributed by atoms with Gasteiger partial charge in [-0.1, -0.05) is 103 Å². The lowest BCUT2D eigenvalue weighted by Gasteiger charge is -2.34. The summed E-state index contributed by atoms with van der Waals surface area (Å²) in [5.41, 5.74) is 8.03. The molecule has 2 N–H and O–H groups in total. The van der Waals surface area contributed by atoms with Gasteiger partial charge in [-0.3, -0.25) is 0 Å². The highest BCUT2D eigenvalue weighted by molar-refractivity contribution is 5.71. The van der Waals surface area contributed by atoms with Gasteiger partial charge in [0.05, 0.1) is 6.10 Å². The first-order valence-electron chi connectivity index (χ1n) is 13.8. The van der Waals surface area contributed by atoms with Gasteiger partial charge in [0.15, 0.2) is 0 Å². The Balaban J connectivity index is 1.91. The second kappa shape index (κ2) is 11.6. The molecule has 0 saturated carbocycles. The second-order valence-corrected chi connectivity index (χ2v) is 11.5. The monoisotopic (exact) mass is 486 g/mol. The van der Waals surface area contributed by atoms with Crippen molar-refractivity contribution >= 4 is 0 Å². The third-order valence-electron chi connectivity index (χ3n) is 8.14. The van der Waals surface area contributed by atoms with Gasteiger partial charge in [0.1, 0.15) is 5.75 Å². The molecule has 2 nitrogen and oxygen atoms in total. The molecule has 0 bridgehead atoms. The predicted octanol–water partition coefficient (Wildman–Crippen LogP) is 8.77. The Hall–Kier alpha value is -2.58. The van der Waals surface area contributed by atoms with Crippen LogP contribution in [-0.2, 0) is 18.3 Å². The number of phenolic OH excluding ortho intramolecular Hbond substituents is 1. The van der Waals surface area contributed by atoms with E-state index in [4.69, 9.17) is 0 Å². The van der Waals surface area contributed by atoms with Gasteiger partial charge in [0.25, 0.3) is 0 Å². The predicted molar refractivity (Wildman–Crippen MR) is 154 cm³/mol. The van der Waals surface area contributed by atoms with Gasteiger partial charge in [0.2, 0.25) is 0 Å². The Labute approximate surface area is 219 Å². The molecule has 36 heavy (non-hydrogen) atoms. The largest absolute Gasteiger partial charge is 0.507 e. The minimum Gasteiger partial charge on any atom is -0.507 e. The molecule has 1 unspecified atom stereocenters. The van der Waals surface area contributed by atoms with Crippen LogP contribution in [0.1, 0.15) is 95.0 Å². The van der Waals surface area contributed by atoms with Gasteiger partial charge >= 0.3 is 0 Å². The van der Waals surface area contributed by atoms with Crippen molar-refractivity contribution in [3.63, 3.8) is 0 Å². The Bertz CT molecular complexity index is 1130. The van der Waals surface area contributed by atoms with E-state index >= 15 is 0 Å². The number of aromatic hydroxyl groups is 1. The fourth-order valence-electron chi connectivity index (χ4n) is 5.45. The van der Waals surface area contributed by atoms with Gasteiger partial charge in [-0.05, 0) is 83.9 Å². The van der Waals surface area contributed by atoms with Crippen LogP contribution >= 0.6 is 0 Å². The van der Waals surface area contributed by atoms with E-state index in [9.17, 15) is 10.2 Å². The molecular formula is C34H46O2. The van der Waals surface area contributed by atoms with Gasteiger partial charge in [-0.2, -0.15) is 0 Å². The SMILES string of the molecule is CCCc1ccc(-c2ccc(C(CC)(CC)c3ccc(CCC(O)C(C)(C)C)c(C)c3)cc2O)cc1. The molecule has 3 aromatic rings. The van der Waals surface area contributed by atoms with Crippen molar-refractivity contribution < 1.29 is 10.2 Å². The number of hydrogen-bond donors (Lipinski definition) is 2. The Morgan fingerprint density at radius 3 is 1.92 bits per heavy atom. The smallest absolute Gasteiger partial charge is 0.123 e. The zero-order chi connectivity index (χ0) is 26.5. The first kappa shape index (κ1) is 28.0. The van der Waals surface area contributed by atoms with Crippen LogP contribution in [0.3, 0.4) is 0 Å². The van der Waals surface area contributed by atoms with Crippen molar-refractivity contribution in [2.24, 2.45) is 5.41 Å². The van der Waals surface area contributed by atoms with Crippen molar-refractivity contribution in [2.75, 3.05) is 0 Å². The first-order chi connectivity index (χ1) is 17.1. The molecule has 0 aliphatic carbocycles. The van der Waals surface area contributed by atoms with E-state index in [1.165, 1.54) is 22.3 Å². The fraction of sp³-hybridized carbons (Fsp3) is 0.471. The first-order valence-corrected chi connectivity index (χ1v) is 13.8. The lowest BCUT2D eigenvalue weighted by molar-refractivity contribution is 0.0560. The van der Waals surface area contributed by atoms with Crippen LogP contribution in [0.4, 0.5) is 0 Å². The van der Waals surface area contributed by atoms with Crippen molar-refractivity contribution in [3.8, 4) is 16.9 Å². The molecule has 0 spiro atoms. The zero-order valence-corrected chi connectivity index (χ0v) is 23.5. The Kier molecular flexibility index (Phi) is 9.06. The van der Waals surface area contributed by atoms with Crippen LogP contribution in [0.15, 0.2) is 60.7 Å². The topological polar surface area (TPSA) is 40.5 Å². The number of hydrogen-bond acceptors (Lipinski definition) is 2. The normalized spacial score (nSPS) is 13.1. The van der Waals surface area contributed by atoms with Crippen LogP contribution in [0.5, 0.6) is 5.75 Å². The lowest BCUT2D eigenvalue weighted by atomic mass is 9.69. The standard InChI is InChI=1S/C34H46O2/c1-8-11-25-12-14-27(15-13-25)30-20-19-29(23-31(30)35)34(9-2,10-3)28-18-16-26(24(4)22-28)17-21-32(36)33(5,6)7/h12-16,18-20,22-23,32,35-36H,8-11,17,21H2,1-7H3. The third-order valence-corrected chi connectivity index (χ3v) is 8.14. The Morgan fingerprint density at radius 2 is 1.39 bits per heavy atom. The van der Waals surface area contributed by atoms with Gasteiger partial charge < -0.3 is 10.2 Å². The summed E-state index contributed by atoms with van der Waals surface area (Å²) in [6.07, 6.45) is 5.45. The summed E-state index contributed by atoms with van der Waals surface area (Å²) in [5, 5.41) is 21.6. The molecule has 1 atom stereocenters. The van der Waals surface area contributed by atoms with Crippen molar-refractivity contribution in [1.82, 2.24) is 0 Å². The van der Waals surface area contributed by atoms with Crippen molar-refractivity contribution in [2.45, 2.75) is 98.5 Å². The molecule has 0 amide bonds. The van der Waals surface area contributed by atoms with E-state index in [0.29, 0.717) is 5.75 Å². The third kappa shape index (κ3) is 6.03. The zero-order valence-electron chi connectivity index (χ0n) is 23.5. The van der Waals surface area contributed by atoms with Crippen LogP contribution in [0.2, 0.25) is 0 Å². The molecule has 194 valence electrons. The highest BCUT2D eigenvalue weighted by Crippen LogP contribution is 2.42. The number of aliphatic hydroxyl groups is 1. The summed E-state index contributed by atoms with van der Waals surface area (Å²) in [6, 6.07) is 21.6. The van der Waals surface area contributed by atoms with Crippen molar-refractivity contribution in [3.05, 3.63) is 88.5 Å². The number of aliphatic hydroxyl groups excluding tert-OH is 1. The van der Waals surface area contributed by atoms with Crippen LogP contribution in [0, 0.1) is 12.3 Å². The van der Waals surface area contributed by atoms with Crippen molar-refractivity contribution in [1.29, 1.82) is 0 Å². The summed E-state index contributed by atoms with van der Waals surface area (Å²) in [5.74, 6) is 0.339. The quantitative estimate of drug-likeness (QED) is 0.301. The lowest BCUT2D eigenvalue weighted by Crippen LogP contribution is -2.27. The summed E-state index contributed by atoms with van der Waals surface area (Å²) in [4.78, 5) is 0. The molecular weight excluding hydrogens is 440 g/mol. The molecule has 2 heteroatoms. The number of phenols is 1. The minimum absolute atomic E-state index is 0.0981. The Morgan fingerprint density at radius 1 is 0.778 bits per heavy atom. The molecule has 0 saturated heterocycles. The van der Waals surface area contributed by atoms with Crippen LogP contribution < -0.4 is 0 Å². The van der Waals surface area contributed by atoms with E-state index in [2.05, 4.69) is 103 Å². The number of benzene rings is 3. The molecule has 3 rings (SSSR count). The molecule has 0 aliphatic rings. The second-order valence-electron chi connectivity index (χ2n) is 11.5. The minimum atomic E-state index is -0.314. The average Bonchev–Trinajstić information content (AvgIpc) is 2.85. The maximum absolute atomic E-state index is 11.1. The van der Waals surface area contributed by atoms with Gasteiger partial charge in [-0.15, -0.1) is 0 Å². The number of rotatable bonds is 10. The van der Waals surface area contributed by atoms with Crippen LogP contribution in [0.25, 0.3) is 11.1 Å². The highest BCUT2D eigenvalue weighted by Gasteiger charge is 2.32. The molecule has 0 radical (unpaired) electrons. The summed E-state index contributed by atoms with van der Waals surface area (Å²) in [7, 11) is 0. The molecule has 3 aromatic carbocycles. The molecule has 0 aromatic heterocycles. The fourth-order valence-corrected chi connectivity index (χ4v) is 5.45. The summed E-state index contributed by atoms with van der Waals surface area (Å²) < 4.78 is 0. The highest BCUT2D eigenvalue weighted by atomic mass is 16.3. The maximum atomic E-state index is 11.1.